The molecule has 0 heterocycles. The van der Waals surface area contributed by atoms with Gasteiger partial charge in [-0.05, 0) is 27.2 Å². The molecule has 0 aliphatic carbocycles. The van der Waals surface area contributed by atoms with Gasteiger partial charge in [0.2, 0.25) is 0 Å². The van der Waals surface area contributed by atoms with E-state index >= 15 is 0 Å². The number of hydrogen-bond donors (Lipinski definition) is 2. The Kier molecular flexibility index (Phi) is 6.21. The van der Waals surface area contributed by atoms with Crippen LogP contribution >= 0.6 is 0 Å². The van der Waals surface area contributed by atoms with Crippen LogP contribution in [0.25, 0.3) is 0 Å². The molecular formula is C11H21NO4. The lowest BCUT2D eigenvalue weighted by Crippen LogP contribution is -2.34. The maximum Gasteiger partial charge on any atom is 0.352 e. The van der Waals surface area contributed by atoms with Crippen molar-refractivity contribution in [2.45, 2.75) is 32.8 Å². The normalized spacial score (nSPS) is 13.3. The molecule has 0 radical (unpaired) electrons. The van der Waals surface area contributed by atoms with Crippen molar-refractivity contribution in [3.63, 3.8) is 0 Å². The molecule has 0 rings (SSSR count). The zero-order valence-electron chi connectivity index (χ0n) is 10.4. The summed E-state index contributed by atoms with van der Waals surface area (Å²) in [6, 6.07) is 0. The van der Waals surface area contributed by atoms with Crippen LogP contribution in [0.5, 0.6) is 0 Å². The Bertz CT molecular complexity index is 239. The molecule has 0 aliphatic rings. The van der Waals surface area contributed by atoms with Crippen LogP contribution in [0.15, 0.2) is 0 Å². The number of ether oxygens (including phenoxy) is 2. The van der Waals surface area contributed by atoms with Crippen LogP contribution in [0.2, 0.25) is 0 Å². The van der Waals surface area contributed by atoms with E-state index in [1.54, 1.807) is 20.8 Å². The zero-order valence-corrected chi connectivity index (χ0v) is 10.4. The van der Waals surface area contributed by atoms with Gasteiger partial charge in [0.25, 0.3) is 0 Å². The first-order valence-corrected chi connectivity index (χ1v) is 5.23. The van der Waals surface area contributed by atoms with Crippen LogP contribution in [0.4, 0.5) is 0 Å². The highest BCUT2D eigenvalue weighted by molar-refractivity contribution is 6.36. The fourth-order valence-corrected chi connectivity index (χ4v) is 1.17. The molecular weight excluding hydrogens is 210 g/mol. The number of nitrogens with one attached hydrogen (secondary N) is 1. The summed E-state index contributed by atoms with van der Waals surface area (Å²) >= 11 is 0. The number of hydrogen-bond acceptors (Lipinski definition) is 5. The van der Waals surface area contributed by atoms with Gasteiger partial charge in [-0.1, -0.05) is 0 Å². The molecule has 5 heteroatoms. The van der Waals surface area contributed by atoms with Crippen molar-refractivity contribution in [3.05, 3.63) is 0 Å². The average Bonchev–Trinajstić information content (AvgIpc) is 2.13. The Hall–Kier alpha value is -0.940. The van der Waals surface area contributed by atoms with E-state index < -0.39 is 17.5 Å². The smallest absolute Gasteiger partial charge is 0.352 e. The first kappa shape index (κ1) is 15.1. The third kappa shape index (κ3) is 5.82. The van der Waals surface area contributed by atoms with Gasteiger partial charge >= 0.3 is 5.97 Å². The molecule has 0 saturated carbocycles. The highest BCUT2D eigenvalue weighted by Crippen LogP contribution is 2.12. The molecule has 5 nitrogen and oxygen atoms in total. The minimum Gasteiger partial charge on any atom is -0.455 e. The summed E-state index contributed by atoms with van der Waals surface area (Å²) in [6.45, 7) is 5.39. The SMILES string of the molecule is COCC(CCO)C(=N)C(=O)OC(C)(C)C. The van der Waals surface area contributed by atoms with Crippen LogP contribution < -0.4 is 0 Å². The van der Waals surface area contributed by atoms with E-state index in [4.69, 9.17) is 20.0 Å². The summed E-state index contributed by atoms with van der Waals surface area (Å²) in [6.07, 6.45) is 0.325. The third-order valence-electron chi connectivity index (χ3n) is 1.87. The van der Waals surface area contributed by atoms with Crippen molar-refractivity contribution in [1.82, 2.24) is 0 Å². The molecule has 0 spiro atoms. The molecule has 16 heavy (non-hydrogen) atoms. The molecule has 1 unspecified atom stereocenters. The predicted octanol–water partition coefficient (Wildman–Crippen LogP) is 0.993. The van der Waals surface area contributed by atoms with E-state index in [-0.39, 0.29) is 18.9 Å². The van der Waals surface area contributed by atoms with E-state index in [2.05, 4.69) is 0 Å². The minimum atomic E-state index is -0.650. The van der Waals surface area contributed by atoms with Crippen LogP contribution in [0.1, 0.15) is 27.2 Å². The van der Waals surface area contributed by atoms with Crippen molar-refractivity contribution < 1.29 is 19.4 Å². The maximum atomic E-state index is 11.6. The van der Waals surface area contributed by atoms with Crippen molar-refractivity contribution in [3.8, 4) is 0 Å². The second kappa shape index (κ2) is 6.60. The molecule has 0 aromatic carbocycles. The van der Waals surface area contributed by atoms with E-state index in [0.717, 1.165) is 0 Å². The molecule has 0 fully saturated rings. The Morgan fingerprint density at radius 3 is 2.38 bits per heavy atom. The number of methoxy groups -OCH3 is 1. The number of aliphatic hydroxyl groups excluding tert-OH is 1. The van der Waals surface area contributed by atoms with E-state index in [0.29, 0.717) is 6.42 Å². The topological polar surface area (TPSA) is 79.6 Å². The van der Waals surface area contributed by atoms with Crippen LogP contribution in [0.3, 0.4) is 0 Å². The standard InChI is InChI=1S/C11H21NO4/c1-11(2,3)16-10(14)9(12)8(5-6-13)7-15-4/h8,12-13H,5-7H2,1-4H3. The van der Waals surface area contributed by atoms with Crippen molar-refractivity contribution in [1.29, 1.82) is 5.41 Å². The molecule has 2 N–H and O–H groups in total. The summed E-state index contributed by atoms with van der Waals surface area (Å²) < 4.78 is 9.97. The first-order chi connectivity index (χ1) is 7.31. The number of carbonyl (C=O) groups is 1. The summed E-state index contributed by atoms with van der Waals surface area (Å²) in [5.74, 6) is -1.06. The summed E-state index contributed by atoms with van der Waals surface area (Å²) in [5, 5.41) is 16.5. The van der Waals surface area contributed by atoms with Gasteiger partial charge in [-0.3, -0.25) is 5.41 Å². The van der Waals surface area contributed by atoms with Gasteiger partial charge in [0, 0.05) is 19.6 Å². The number of rotatable bonds is 6. The lowest BCUT2D eigenvalue weighted by atomic mass is 10.0. The molecule has 0 amide bonds. The fraction of sp³-hybridized carbons (Fsp3) is 0.818. The van der Waals surface area contributed by atoms with E-state index in [1.165, 1.54) is 7.11 Å². The molecule has 94 valence electrons. The quantitative estimate of drug-likeness (QED) is 0.528. The van der Waals surface area contributed by atoms with E-state index in [9.17, 15) is 4.79 Å². The third-order valence-corrected chi connectivity index (χ3v) is 1.87. The molecule has 0 bridgehead atoms. The van der Waals surface area contributed by atoms with Gasteiger partial charge in [0.15, 0.2) is 0 Å². The number of esters is 1. The van der Waals surface area contributed by atoms with Gasteiger partial charge in [-0.15, -0.1) is 0 Å². The fourth-order valence-electron chi connectivity index (χ4n) is 1.17. The molecule has 0 saturated heterocycles. The summed E-state index contributed by atoms with van der Waals surface area (Å²) in [7, 11) is 1.49. The van der Waals surface area contributed by atoms with Gasteiger partial charge in [-0.25, -0.2) is 4.79 Å². The van der Waals surface area contributed by atoms with Crippen molar-refractivity contribution >= 4 is 11.7 Å². The average molecular weight is 231 g/mol. The largest absolute Gasteiger partial charge is 0.455 e. The Labute approximate surface area is 96.3 Å². The lowest BCUT2D eigenvalue weighted by Gasteiger charge is -2.22. The van der Waals surface area contributed by atoms with E-state index in [1.807, 2.05) is 0 Å². The van der Waals surface area contributed by atoms with Gasteiger partial charge in [0.05, 0.1) is 6.61 Å². The molecule has 0 aromatic heterocycles. The van der Waals surface area contributed by atoms with Crippen LogP contribution in [-0.4, -0.2) is 42.7 Å². The van der Waals surface area contributed by atoms with Crippen LogP contribution in [0, 0.1) is 11.3 Å². The van der Waals surface area contributed by atoms with Crippen molar-refractivity contribution in [2.75, 3.05) is 20.3 Å². The molecule has 0 aliphatic heterocycles. The second-order valence-electron chi connectivity index (χ2n) is 4.58. The summed E-state index contributed by atoms with van der Waals surface area (Å²) in [5.41, 5.74) is -0.758. The highest BCUT2D eigenvalue weighted by Gasteiger charge is 2.26. The van der Waals surface area contributed by atoms with Gasteiger partial charge < -0.3 is 14.6 Å². The number of carbonyl (C=O) groups excluding carboxylic acids is 1. The highest BCUT2D eigenvalue weighted by atomic mass is 16.6. The summed E-state index contributed by atoms with van der Waals surface area (Å²) in [4.78, 5) is 11.6. The Morgan fingerprint density at radius 1 is 1.44 bits per heavy atom. The predicted molar refractivity (Wildman–Crippen MR) is 60.6 cm³/mol. The molecule has 1 atom stereocenters. The van der Waals surface area contributed by atoms with Gasteiger partial charge in [-0.2, -0.15) is 0 Å². The maximum absolute atomic E-state index is 11.6. The van der Waals surface area contributed by atoms with Crippen molar-refractivity contribution in [2.24, 2.45) is 5.92 Å². The van der Waals surface area contributed by atoms with Gasteiger partial charge in [0.1, 0.15) is 11.3 Å². The Morgan fingerprint density at radius 2 is 2.00 bits per heavy atom. The first-order valence-electron chi connectivity index (χ1n) is 5.23. The second-order valence-corrected chi connectivity index (χ2v) is 4.58. The zero-order chi connectivity index (χ0) is 12.8. The molecule has 0 aromatic rings. The number of aliphatic hydroxyl groups is 1. The monoisotopic (exact) mass is 231 g/mol. The minimum absolute atomic E-state index is 0.0841. The Balaban J connectivity index is 4.43. The van der Waals surface area contributed by atoms with Crippen LogP contribution in [-0.2, 0) is 14.3 Å². The lowest BCUT2D eigenvalue weighted by molar-refractivity contribution is -0.146.